The average Bonchev–Trinajstić information content (AvgIpc) is 2.31. The summed E-state index contributed by atoms with van der Waals surface area (Å²) in [7, 11) is 0. The smallest absolute Gasteiger partial charge is 0.0119 e. The SMILES string of the molecule is N/C(=C\c1ccccc1)C1CCNCC1. The van der Waals surface area contributed by atoms with Gasteiger partial charge in [-0.3, -0.25) is 0 Å². The molecule has 3 N–H and O–H groups in total. The molecule has 2 nitrogen and oxygen atoms in total. The van der Waals surface area contributed by atoms with Gasteiger partial charge in [0, 0.05) is 11.6 Å². The molecule has 2 rings (SSSR count). The number of benzene rings is 1. The zero-order chi connectivity index (χ0) is 10.5. The normalized spacial score (nSPS) is 19.1. The van der Waals surface area contributed by atoms with Crippen molar-refractivity contribution in [3.05, 3.63) is 41.6 Å². The summed E-state index contributed by atoms with van der Waals surface area (Å²) in [5, 5.41) is 3.35. The predicted octanol–water partition coefficient (Wildman–Crippen LogP) is 1.99. The van der Waals surface area contributed by atoms with Crippen LogP contribution in [0.2, 0.25) is 0 Å². The standard InChI is InChI=1S/C13H18N2/c14-13(12-6-8-15-9-7-12)10-11-4-2-1-3-5-11/h1-5,10,12,15H,6-9,14H2/b13-10-. The van der Waals surface area contributed by atoms with Gasteiger partial charge in [-0.2, -0.15) is 0 Å². The molecule has 0 saturated carbocycles. The highest BCUT2D eigenvalue weighted by Crippen LogP contribution is 2.19. The highest BCUT2D eigenvalue weighted by Gasteiger charge is 2.14. The van der Waals surface area contributed by atoms with Crippen molar-refractivity contribution in [2.45, 2.75) is 12.8 Å². The molecular weight excluding hydrogens is 184 g/mol. The summed E-state index contributed by atoms with van der Waals surface area (Å²) in [5.74, 6) is 0.562. The van der Waals surface area contributed by atoms with E-state index in [9.17, 15) is 0 Å². The number of nitrogens with one attached hydrogen (secondary N) is 1. The van der Waals surface area contributed by atoms with Crippen LogP contribution in [-0.4, -0.2) is 13.1 Å². The van der Waals surface area contributed by atoms with Gasteiger partial charge in [0.15, 0.2) is 0 Å². The van der Waals surface area contributed by atoms with Gasteiger partial charge in [0.2, 0.25) is 0 Å². The maximum atomic E-state index is 6.11. The Kier molecular flexibility index (Phi) is 3.41. The van der Waals surface area contributed by atoms with E-state index in [0.29, 0.717) is 5.92 Å². The van der Waals surface area contributed by atoms with Crippen LogP contribution >= 0.6 is 0 Å². The number of piperidine rings is 1. The van der Waals surface area contributed by atoms with Crippen molar-refractivity contribution in [1.29, 1.82) is 0 Å². The van der Waals surface area contributed by atoms with Gasteiger partial charge in [-0.05, 0) is 37.6 Å². The minimum absolute atomic E-state index is 0.562. The fourth-order valence-electron chi connectivity index (χ4n) is 2.01. The largest absolute Gasteiger partial charge is 0.402 e. The van der Waals surface area contributed by atoms with Gasteiger partial charge < -0.3 is 11.1 Å². The first kappa shape index (κ1) is 10.2. The van der Waals surface area contributed by atoms with Gasteiger partial charge in [0.25, 0.3) is 0 Å². The molecule has 80 valence electrons. The Hall–Kier alpha value is -1.28. The Morgan fingerprint density at radius 3 is 2.53 bits per heavy atom. The molecule has 1 fully saturated rings. The van der Waals surface area contributed by atoms with E-state index >= 15 is 0 Å². The van der Waals surface area contributed by atoms with Crippen molar-refractivity contribution in [3.63, 3.8) is 0 Å². The van der Waals surface area contributed by atoms with E-state index in [0.717, 1.165) is 31.6 Å². The average molecular weight is 202 g/mol. The maximum Gasteiger partial charge on any atom is 0.0119 e. The van der Waals surface area contributed by atoms with Gasteiger partial charge >= 0.3 is 0 Å². The van der Waals surface area contributed by atoms with Crippen LogP contribution in [0.15, 0.2) is 36.0 Å². The first-order valence-corrected chi connectivity index (χ1v) is 5.59. The topological polar surface area (TPSA) is 38.0 Å². The Balaban J connectivity index is 2.06. The molecule has 0 bridgehead atoms. The van der Waals surface area contributed by atoms with E-state index in [1.54, 1.807) is 0 Å². The monoisotopic (exact) mass is 202 g/mol. The highest BCUT2D eigenvalue weighted by atomic mass is 14.9. The number of rotatable bonds is 2. The van der Waals surface area contributed by atoms with Crippen LogP contribution in [0.4, 0.5) is 0 Å². The Bertz CT molecular complexity index is 324. The van der Waals surface area contributed by atoms with Gasteiger partial charge in [0.1, 0.15) is 0 Å². The van der Waals surface area contributed by atoms with Crippen LogP contribution in [0, 0.1) is 5.92 Å². The van der Waals surface area contributed by atoms with E-state index in [2.05, 4.69) is 23.5 Å². The number of allylic oxidation sites excluding steroid dienone is 1. The van der Waals surface area contributed by atoms with E-state index in [-0.39, 0.29) is 0 Å². The van der Waals surface area contributed by atoms with Gasteiger partial charge in [0.05, 0.1) is 0 Å². The lowest BCUT2D eigenvalue weighted by atomic mass is 9.94. The molecule has 1 aromatic rings. The summed E-state index contributed by atoms with van der Waals surface area (Å²) >= 11 is 0. The van der Waals surface area contributed by atoms with Gasteiger partial charge in [-0.1, -0.05) is 30.3 Å². The quantitative estimate of drug-likeness (QED) is 0.769. The Morgan fingerprint density at radius 2 is 1.87 bits per heavy atom. The molecule has 1 saturated heterocycles. The molecule has 0 atom stereocenters. The Labute approximate surface area is 91.2 Å². The maximum absolute atomic E-state index is 6.11. The van der Waals surface area contributed by atoms with Crippen molar-refractivity contribution in [3.8, 4) is 0 Å². The molecule has 1 aromatic carbocycles. The summed E-state index contributed by atoms with van der Waals surface area (Å²) in [4.78, 5) is 0. The van der Waals surface area contributed by atoms with Gasteiger partial charge in [-0.15, -0.1) is 0 Å². The second kappa shape index (κ2) is 4.99. The van der Waals surface area contributed by atoms with Crippen LogP contribution in [-0.2, 0) is 0 Å². The van der Waals surface area contributed by atoms with Crippen LogP contribution in [0.3, 0.4) is 0 Å². The molecule has 2 heteroatoms. The van der Waals surface area contributed by atoms with Crippen molar-refractivity contribution in [2.75, 3.05) is 13.1 Å². The van der Waals surface area contributed by atoms with Crippen molar-refractivity contribution in [2.24, 2.45) is 11.7 Å². The second-order valence-electron chi connectivity index (χ2n) is 4.08. The van der Waals surface area contributed by atoms with E-state index < -0.39 is 0 Å². The summed E-state index contributed by atoms with van der Waals surface area (Å²) in [6.07, 6.45) is 4.43. The van der Waals surface area contributed by atoms with Crippen LogP contribution < -0.4 is 11.1 Å². The summed E-state index contributed by atoms with van der Waals surface area (Å²) in [6, 6.07) is 10.3. The molecule has 1 aliphatic heterocycles. The number of hydrogen-bond acceptors (Lipinski definition) is 2. The van der Waals surface area contributed by atoms with Crippen LogP contribution in [0.5, 0.6) is 0 Å². The Morgan fingerprint density at radius 1 is 1.20 bits per heavy atom. The number of hydrogen-bond donors (Lipinski definition) is 2. The second-order valence-corrected chi connectivity index (χ2v) is 4.08. The van der Waals surface area contributed by atoms with E-state index in [4.69, 9.17) is 5.73 Å². The fourth-order valence-corrected chi connectivity index (χ4v) is 2.01. The van der Waals surface area contributed by atoms with Crippen molar-refractivity contribution < 1.29 is 0 Å². The lowest BCUT2D eigenvalue weighted by molar-refractivity contribution is 0.419. The van der Waals surface area contributed by atoms with Crippen LogP contribution in [0.1, 0.15) is 18.4 Å². The minimum atomic E-state index is 0.562. The lowest BCUT2D eigenvalue weighted by Crippen LogP contribution is -2.30. The third-order valence-corrected chi connectivity index (χ3v) is 2.94. The van der Waals surface area contributed by atoms with Crippen LogP contribution in [0.25, 0.3) is 6.08 Å². The van der Waals surface area contributed by atoms with Crippen molar-refractivity contribution >= 4 is 6.08 Å². The molecule has 1 aliphatic rings. The molecule has 15 heavy (non-hydrogen) atoms. The zero-order valence-corrected chi connectivity index (χ0v) is 8.95. The predicted molar refractivity (Wildman–Crippen MR) is 64.2 cm³/mol. The van der Waals surface area contributed by atoms with Gasteiger partial charge in [-0.25, -0.2) is 0 Å². The first-order valence-electron chi connectivity index (χ1n) is 5.59. The third-order valence-electron chi connectivity index (χ3n) is 2.94. The molecule has 0 aliphatic carbocycles. The summed E-state index contributed by atoms with van der Waals surface area (Å²) in [5.41, 5.74) is 8.35. The minimum Gasteiger partial charge on any atom is -0.402 e. The van der Waals surface area contributed by atoms with E-state index in [1.165, 1.54) is 5.56 Å². The molecule has 0 spiro atoms. The zero-order valence-electron chi connectivity index (χ0n) is 8.95. The lowest BCUT2D eigenvalue weighted by Gasteiger charge is -2.23. The van der Waals surface area contributed by atoms with Crippen molar-refractivity contribution in [1.82, 2.24) is 5.32 Å². The summed E-state index contributed by atoms with van der Waals surface area (Å²) in [6.45, 7) is 2.18. The molecule has 1 heterocycles. The number of nitrogens with two attached hydrogens (primary N) is 1. The molecule has 0 aromatic heterocycles. The molecule has 0 radical (unpaired) electrons. The summed E-state index contributed by atoms with van der Waals surface area (Å²) < 4.78 is 0. The molecule has 0 unspecified atom stereocenters. The molecule has 0 amide bonds. The first-order chi connectivity index (χ1) is 7.36. The fraction of sp³-hybridized carbons (Fsp3) is 0.385. The van der Waals surface area contributed by atoms with E-state index in [1.807, 2.05) is 18.2 Å². The highest BCUT2D eigenvalue weighted by molar-refractivity contribution is 5.52. The molecular formula is C13H18N2. The third kappa shape index (κ3) is 2.83.